The molecule has 1 fully saturated rings. The van der Waals surface area contributed by atoms with Gasteiger partial charge < -0.3 is 9.88 Å². The summed E-state index contributed by atoms with van der Waals surface area (Å²) in [6.07, 6.45) is 6.98. The fourth-order valence-electron chi connectivity index (χ4n) is 3.81. The van der Waals surface area contributed by atoms with E-state index in [9.17, 15) is 9.59 Å². The Morgan fingerprint density at radius 1 is 1.14 bits per heavy atom. The molecule has 1 aliphatic rings. The molecule has 6 heteroatoms. The van der Waals surface area contributed by atoms with Gasteiger partial charge in [0.25, 0.3) is 5.91 Å². The monoisotopic (exact) mass is 407 g/mol. The van der Waals surface area contributed by atoms with E-state index in [-0.39, 0.29) is 17.5 Å². The van der Waals surface area contributed by atoms with E-state index < -0.39 is 0 Å². The first-order valence-electron chi connectivity index (χ1n) is 9.80. The van der Waals surface area contributed by atoms with E-state index in [0.29, 0.717) is 18.5 Å². The van der Waals surface area contributed by atoms with Gasteiger partial charge in [-0.25, -0.2) is 0 Å². The number of hydrogen-bond acceptors (Lipinski definition) is 3. The fraction of sp³-hybridized carbons (Fsp3) is 0.261. The van der Waals surface area contributed by atoms with Gasteiger partial charge in [-0.2, -0.15) is 0 Å². The maximum absolute atomic E-state index is 13.0. The number of nitrogens with zero attached hydrogens (tertiary/aromatic N) is 2. The van der Waals surface area contributed by atoms with E-state index in [4.69, 9.17) is 11.6 Å². The fourth-order valence-corrected chi connectivity index (χ4v) is 4.01. The predicted octanol–water partition coefficient (Wildman–Crippen LogP) is 4.38. The van der Waals surface area contributed by atoms with Crippen molar-refractivity contribution in [1.82, 2.24) is 14.9 Å². The Labute approximate surface area is 174 Å². The van der Waals surface area contributed by atoms with Crippen molar-refractivity contribution in [3.8, 4) is 0 Å². The zero-order valence-corrected chi connectivity index (χ0v) is 16.7. The molecule has 29 heavy (non-hydrogen) atoms. The van der Waals surface area contributed by atoms with Crippen LogP contribution in [0.15, 0.2) is 65.7 Å². The summed E-state index contributed by atoms with van der Waals surface area (Å²) in [6, 6.07) is 14.8. The summed E-state index contributed by atoms with van der Waals surface area (Å²) < 4.78 is 0. The number of hydrogen-bond donors (Lipinski definition) is 1. The number of aromatic amines is 1. The number of benzene rings is 1. The van der Waals surface area contributed by atoms with Gasteiger partial charge in [0.05, 0.1) is 11.6 Å². The molecule has 3 heterocycles. The zero-order chi connectivity index (χ0) is 20.2. The molecule has 1 aliphatic heterocycles. The first kappa shape index (κ1) is 19.4. The van der Waals surface area contributed by atoms with Crippen LogP contribution in [0.25, 0.3) is 0 Å². The summed E-state index contributed by atoms with van der Waals surface area (Å²) in [5, 5.41) is 0.739. The lowest BCUT2D eigenvalue weighted by Gasteiger charge is -2.36. The number of nitrogens with one attached hydrogen (secondary N) is 1. The average molecular weight is 408 g/mol. The SMILES string of the molecule is O=C(c1ccc(=O)[nH]c1)N1CCCCC1c1ccc(Cc2ccccc2Cl)nc1. The summed E-state index contributed by atoms with van der Waals surface area (Å²) in [6.45, 7) is 0.698. The van der Waals surface area contributed by atoms with Gasteiger partial charge in [-0.3, -0.25) is 14.6 Å². The van der Waals surface area contributed by atoms with E-state index in [1.54, 1.807) is 6.07 Å². The van der Waals surface area contributed by atoms with Crippen LogP contribution < -0.4 is 5.56 Å². The lowest BCUT2D eigenvalue weighted by molar-refractivity contribution is 0.0610. The van der Waals surface area contributed by atoms with Crippen molar-refractivity contribution in [2.24, 2.45) is 0 Å². The van der Waals surface area contributed by atoms with E-state index in [2.05, 4.69) is 16.0 Å². The molecule has 0 saturated carbocycles. The molecule has 3 aromatic rings. The van der Waals surface area contributed by atoms with Gasteiger partial charge in [0.15, 0.2) is 0 Å². The second kappa shape index (κ2) is 8.62. The molecular weight excluding hydrogens is 386 g/mol. The Balaban J connectivity index is 1.54. The Bertz CT molecular complexity index is 1040. The molecule has 1 unspecified atom stereocenters. The summed E-state index contributed by atoms with van der Waals surface area (Å²) in [5.74, 6) is -0.0638. The molecule has 0 bridgehead atoms. The van der Waals surface area contributed by atoms with Crippen LogP contribution in [0.4, 0.5) is 0 Å². The average Bonchev–Trinajstić information content (AvgIpc) is 2.76. The Kier molecular flexibility index (Phi) is 5.76. The summed E-state index contributed by atoms with van der Waals surface area (Å²) in [4.78, 5) is 33.4. The third-order valence-electron chi connectivity index (χ3n) is 5.36. The van der Waals surface area contributed by atoms with Crippen molar-refractivity contribution < 1.29 is 4.79 Å². The molecule has 5 nitrogen and oxygen atoms in total. The van der Waals surface area contributed by atoms with Crippen molar-refractivity contribution in [3.63, 3.8) is 0 Å². The Hall–Kier alpha value is -2.92. The number of carbonyl (C=O) groups is 1. The highest BCUT2D eigenvalue weighted by Gasteiger charge is 2.29. The van der Waals surface area contributed by atoms with E-state index in [1.165, 1.54) is 12.3 Å². The largest absolute Gasteiger partial charge is 0.332 e. The van der Waals surface area contributed by atoms with Gasteiger partial charge in [0.2, 0.25) is 5.56 Å². The lowest BCUT2D eigenvalue weighted by atomic mass is 9.95. The predicted molar refractivity (Wildman–Crippen MR) is 113 cm³/mol. The van der Waals surface area contributed by atoms with Crippen LogP contribution in [-0.2, 0) is 6.42 Å². The lowest BCUT2D eigenvalue weighted by Crippen LogP contribution is -2.38. The molecule has 2 aromatic heterocycles. The topological polar surface area (TPSA) is 66.1 Å². The molecule has 1 saturated heterocycles. The molecule has 1 amide bonds. The van der Waals surface area contributed by atoms with Crippen LogP contribution in [0.2, 0.25) is 5.02 Å². The number of piperidine rings is 1. The molecule has 1 atom stereocenters. The van der Waals surface area contributed by atoms with Crippen LogP contribution in [0.3, 0.4) is 0 Å². The minimum absolute atomic E-state index is 0.00922. The molecule has 148 valence electrons. The molecule has 1 N–H and O–H groups in total. The first-order valence-corrected chi connectivity index (χ1v) is 10.2. The van der Waals surface area contributed by atoms with Gasteiger partial charge in [-0.1, -0.05) is 35.9 Å². The third kappa shape index (κ3) is 4.40. The molecule has 0 radical (unpaired) electrons. The van der Waals surface area contributed by atoms with Crippen LogP contribution in [0.1, 0.15) is 52.5 Å². The van der Waals surface area contributed by atoms with Gasteiger partial charge >= 0.3 is 0 Å². The van der Waals surface area contributed by atoms with Crippen LogP contribution in [-0.4, -0.2) is 27.3 Å². The maximum Gasteiger partial charge on any atom is 0.255 e. The van der Waals surface area contributed by atoms with Crippen molar-refractivity contribution in [1.29, 1.82) is 0 Å². The second-order valence-corrected chi connectivity index (χ2v) is 7.71. The third-order valence-corrected chi connectivity index (χ3v) is 5.73. The number of amides is 1. The smallest absolute Gasteiger partial charge is 0.255 e. The van der Waals surface area contributed by atoms with Crippen molar-refractivity contribution in [2.45, 2.75) is 31.7 Å². The van der Waals surface area contributed by atoms with E-state index in [0.717, 1.165) is 41.1 Å². The maximum atomic E-state index is 13.0. The highest BCUT2D eigenvalue weighted by atomic mass is 35.5. The second-order valence-electron chi connectivity index (χ2n) is 7.30. The molecular formula is C23H22ClN3O2. The van der Waals surface area contributed by atoms with Crippen LogP contribution in [0, 0.1) is 0 Å². The van der Waals surface area contributed by atoms with Crippen molar-refractivity contribution in [2.75, 3.05) is 6.54 Å². The Morgan fingerprint density at radius 3 is 2.72 bits per heavy atom. The van der Waals surface area contributed by atoms with Gasteiger partial charge in [-0.15, -0.1) is 0 Å². The van der Waals surface area contributed by atoms with Gasteiger partial charge in [-0.05, 0) is 48.6 Å². The summed E-state index contributed by atoms with van der Waals surface area (Å²) in [5.41, 5.74) is 3.30. The van der Waals surface area contributed by atoms with E-state index >= 15 is 0 Å². The number of pyridine rings is 2. The van der Waals surface area contributed by atoms with Crippen molar-refractivity contribution >= 4 is 17.5 Å². The highest BCUT2D eigenvalue weighted by molar-refractivity contribution is 6.31. The molecule has 4 rings (SSSR count). The minimum Gasteiger partial charge on any atom is -0.332 e. The van der Waals surface area contributed by atoms with Crippen LogP contribution in [0.5, 0.6) is 0 Å². The molecule has 1 aromatic carbocycles. The van der Waals surface area contributed by atoms with E-state index in [1.807, 2.05) is 41.4 Å². The van der Waals surface area contributed by atoms with Crippen molar-refractivity contribution in [3.05, 3.63) is 98.7 Å². The molecule has 0 aliphatic carbocycles. The number of aromatic nitrogens is 2. The number of rotatable bonds is 4. The number of likely N-dealkylation sites (tertiary alicyclic amines) is 1. The summed E-state index contributed by atoms with van der Waals surface area (Å²) in [7, 11) is 0. The highest BCUT2D eigenvalue weighted by Crippen LogP contribution is 2.32. The summed E-state index contributed by atoms with van der Waals surface area (Å²) >= 11 is 6.26. The number of carbonyl (C=O) groups excluding carboxylic acids is 1. The van der Waals surface area contributed by atoms with Crippen LogP contribution >= 0.6 is 11.6 Å². The zero-order valence-electron chi connectivity index (χ0n) is 16.0. The quantitative estimate of drug-likeness (QED) is 0.697. The van der Waals surface area contributed by atoms with Gasteiger partial charge in [0, 0.05) is 42.1 Å². The standard InChI is InChI=1S/C23H22ClN3O2/c24-20-6-2-1-5-16(20)13-19-10-8-17(14-25-19)21-7-3-4-12-27(21)23(29)18-9-11-22(28)26-15-18/h1-2,5-6,8-11,14-15,21H,3-4,7,12-13H2,(H,26,28). The minimum atomic E-state index is -0.213. The Morgan fingerprint density at radius 2 is 2.00 bits per heavy atom. The molecule has 0 spiro atoms. The van der Waals surface area contributed by atoms with Gasteiger partial charge in [0.1, 0.15) is 0 Å². The normalized spacial score (nSPS) is 16.6. The number of H-pyrrole nitrogens is 1. The number of halogens is 1. The first-order chi connectivity index (χ1) is 14.1.